The summed E-state index contributed by atoms with van der Waals surface area (Å²) in [5, 5.41) is 3.21. The summed E-state index contributed by atoms with van der Waals surface area (Å²) in [4.78, 5) is 19.5. The summed E-state index contributed by atoms with van der Waals surface area (Å²) in [5.74, 6) is -0.0528. The Morgan fingerprint density at radius 1 is 1.48 bits per heavy atom. The van der Waals surface area contributed by atoms with Crippen LogP contribution in [0.2, 0.25) is 4.34 Å². The molecule has 2 aromatic heterocycles. The van der Waals surface area contributed by atoms with E-state index in [-0.39, 0.29) is 5.91 Å². The second-order valence-electron chi connectivity index (χ2n) is 4.77. The van der Waals surface area contributed by atoms with E-state index >= 15 is 0 Å². The van der Waals surface area contributed by atoms with E-state index in [4.69, 9.17) is 11.6 Å². The van der Waals surface area contributed by atoms with E-state index in [0.717, 1.165) is 27.1 Å². The molecule has 6 heteroatoms. The molecule has 0 aromatic carbocycles. The van der Waals surface area contributed by atoms with Crippen LogP contribution in [-0.2, 0) is 6.54 Å². The number of carbonyl (C=O) groups is 1. The minimum absolute atomic E-state index is 0.0528. The van der Waals surface area contributed by atoms with Crippen LogP contribution in [0.25, 0.3) is 0 Å². The number of thiophene rings is 1. The topological polar surface area (TPSA) is 45.2 Å². The van der Waals surface area contributed by atoms with Gasteiger partial charge in [-0.3, -0.25) is 9.78 Å². The number of nitrogens with zero attached hydrogens (tertiary/aromatic N) is 2. The minimum Gasteiger partial charge on any atom is -0.385 e. The van der Waals surface area contributed by atoms with E-state index in [9.17, 15) is 4.79 Å². The van der Waals surface area contributed by atoms with E-state index in [1.54, 1.807) is 18.1 Å². The summed E-state index contributed by atoms with van der Waals surface area (Å²) in [6.45, 7) is 5.21. The Morgan fingerprint density at radius 2 is 2.24 bits per heavy atom. The van der Waals surface area contributed by atoms with Gasteiger partial charge in [0.05, 0.1) is 22.1 Å². The van der Waals surface area contributed by atoms with Crippen molar-refractivity contribution in [2.75, 3.05) is 18.9 Å². The van der Waals surface area contributed by atoms with Crippen LogP contribution in [-0.4, -0.2) is 29.4 Å². The summed E-state index contributed by atoms with van der Waals surface area (Å²) in [6, 6.07) is 5.68. The zero-order valence-electron chi connectivity index (χ0n) is 12.3. The molecule has 112 valence electrons. The summed E-state index contributed by atoms with van der Waals surface area (Å²) in [7, 11) is 1.78. The molecule has 0 aliphatic heterocycles. The smallest absolute Gasteiger partial charge is 0.257 e. The molecule has 21 heavy (non-hydrogen) atoms. The molecule has 0 unspecified atom stereocenters. The molecule has 0 saturated carbocycles. The Balaban J connectivity index is 2.18. The number of rotatable bonds is 5. The monoisotopic (exact) mass is 323 g/mol. The number of hydrogen-bond acceptors (Lipinski definition) is 4. The molecule has 2 heterocycles. The number of anilines is 1. The van der Waals surface area contributed by atoms with Crippen LogP contribution < -0.4 is 5.32 Å². The Labute approximate surface area is 133 Å². The first-order valence-electron chi connectivity index (χ1n) is 6.71. The standard InChI is InChI=1S/C15H18ClN3OS/c1-4-17-13-7-10(2)18-8-12(13)15(20)19(3)9-11-5-6-14(16)21-11/h5-8H,4,9H2,1-3H3,(H,17,18). The molecular formula is C15H18ClN3OS. The van der Waals surface area contributed by atoms with E-state index < -0.39 is 0 Å². The third-order valence-electron chi connectivity index (χ3n) is 3.01. The number of carbonyl (C=O) groups excluding carboxylic acids is 1. The number of aromatic nitrogens is 1. The molecule has 0 fully saturated rings. The zero-order chi connectivity index (χ0) is 15.4. The molecule has 0 spiro atoms. The normalized spacial score (nSPS) is 10.5. The van der Waals surface area contributed by atoms with Crippen LogP contribution in [0.5, 0.6) is 0 Å². The number of halogens is 1. The van der Waals surface area contributed by atoms with Crippen LogP contribution in [0.1, 0.15) is 27.9 Å². The van der Waals surface area contributed by atoms with Crippen molar-refractivity contribution < 1.29 is 4.79 Å². The predicted molar refractivity (Wildman–Crippen MR) is 88.3 cm³/mol. The highest BCUT2D eigenvalue weighted by atomic mass is 35.5. The lowest BCUT2D eigenvalue weighted by Gasteiger charge is -2.18. The van der Waals surface area contributed by atoms with E-state index in [1.807, 2.05) is 32.0 Å². The van der Waals surface area contributed by atoms with Crippen molar-refractivity contribution in [3.63, 3.8) is 0 Å². The lowest BCUT2D eigenvalue weighted by Crippen LogP contribution is -2.27. The van der Waals surface area contributed by atoms with Crippen LogP contribution >= 0.6 is 22.9 Å². The molecule has 0 aliphatic carbocycles. The average Bonchev–Trinajstić information content (AvgIpc) is 2.84. The van der Waals surface area contributed by atoms with Gasteiger partial charge in [0.2, 0.25) is 0 Å². The third kappa shape index (κ3) is 3.95. The van der Waals surface area contributed by atoms with Crippen LogP contribution in [0.3, 0.4) is 0 Å². The van der Waals surface area contributed by atoms with Crippen molar-refractivity contribution >= 4 is 34.5 Å². The summed E-state index contributed by atoms with van der Waals surface area (Å²) >= 11 is 7.41. The van der Waals surface area contributed by atoms with Gasteiger partial charge in [-0.05, 0) is 32.0 Å². The fourth-order valence-corrected chi connectivity index (χ4v) is 3.16. The minimum atomic E-state index is -0.0528. The van der Waals surface area contributed by atoms with E-state index in [2.05, 4.69) is 10.3 Å². The van der Waals surface area contributed by atoms with E-state index in [1.165, 1.54) is 11.3 Å². The second kappa shape index (κ2) is 6.91. The van der Waals surface area contributed by atoms with Crippen molar-refractivity contribution in [3.05, 3.63) is 44.9 Å². The molecular weight excluding hydrogens is 306 g/mol. The fraction of sp³-hybridized carbons (Fsp3) is 0.333. The van der Waals surface area contributed by atoms with E-state index in [0.29, 0.717) is 12.1 Å². The second-order valence-corrected chi connectivity index (χ2v) is 6.57. The number of nitrogens with one attached hydrogen (secondary N) is 1. The van der Waals surface area contributed by atoms with Gasteiger partial charge in [0.1, 0.15) is 0 Å². The molecule has 0 saturated heterocycles. The maximum Gasteiger partial charge on any atom is 0.257 e. The largest absolute Gasteiger partial charge is 0.385 e. The maximum atomic E-state index is 12.6. The van der Waals surface area contributed by atoms with Gasteiger partial charge >= 0.3 is 0 Å². The van der Waals surface area contributed by atoms with Gasteiger partial charge in [0.15, 0.2) is 0 Å². The molecule has 1 N–H and O–H groups in total. The van der Waals surface area contributed by atoms with Crippen LogP contribution in [0.15, 0.2) is 24.4 Å². The lowest BCUT2D eigenvalue weighted by molar-refractivity contribution is 0.0787. The Bertz CT molecular complexity index is 642. The summed E-state index contributed by atoms with van der Waals surface area (Å²) < 4.78 is 0.733. The van der Waals surface area contributed by atoms with Crippen molar-refractivity contribution in [2.24, 2.45) is 0 Å². The van der Waals surface area contributed by atoms with Crippen molar-refractivity contribution in [1.82, 2.24) is 9.88 Å². The Hall–Kier alpha value is -1.59. The number of amides is 1. The highest BCUT2D eigenvalue weighted by Crippen LogP contribution is 2.24. The molecule has 2 aromatic rings. The van der Waals surface area contributed by atoms with Gasteiger partial charge < -0.3 is 10.2 Å². The molecule has 1 amide bonds. The predicted octanol–water partition coefficient (Wildman–Crippen LogP) is 3.81. The number of hydrogen-bond donors (Lipinski definition) is 1. The van der Waals surface area contributed by atoms with Gasteiger partial charge in [-0.15, -0.1) is 11.3 Å². The highest BCUT2D eigenvalue weighted by Gasteiger charge is 2.17. The Kier molecular flexibility index (Phi) is 5.20. The Morgan fingerprint density at radius 3 is 2.86 bits per heavy atom. The van der Waals surface area contributed by atoms with Gasteiger partial charge in [-0.25, -0.2) is 0 Å². The summed E-state index contributed by atoms with van der Waals surface area (Å²) in [5.41, 5.74) is 2.30. The SMILES string of the molecule is CCNc1cc(C)ncc1C(=O)N(C)Cc1ccc(Cl)s1. The van der Waals surface area contributed by atoms with Crippen molar-refractivity contribution in [2.45, 2.75) is 20.4 Å². The number of aryl methyl sites for hydroxylation is 1. The first kappa shape index (κ1) is 15.8. The van der Waals surface area contributed by atoms with Crippen LogP contribution in [0, 0.1) is 6.92 Å². The summed E-state index contributed by atoms with van der Waals surface area (Å²) in [6.07, 6.45) is 1.63. The molecule has 0 atom stereocenters. The highest BCUT2D eigenvalue weighted by molar-refractivity contribution is 7.16. The van der Waals surface area contributed by atoms with Crippen molar-refractivity contribution in [1.29, 1.82) is 0 Å². The molecule has 0 aliphatic rings. The molecule has 4 nitrogen and oxygen atoms in total. The van der Waals surface area contributed by atoms with Crippen LogP contribution in [0.4, 0.5) is 5.69 Å². The first-order chi connectivity index (χ1) is 10.0. The first-order valence-corrected chi connectivity index (χ1v) is 7.91. The van der Waals surface area contributed by atoms with Gasteiger partial charge in [0, 0.05) is 30.4 Å². The van der Waals surface area contributed by atoms with Crippen molar-refractivity contribution in [3.8, 4) is 0 Å². The zero-order valence-corrected chi connectivity index (χ0v) is 13.9. The average molecular weight is 324 g/mol. The van der Waals surface area contributed by atoms with Gasteiger partial charge in [-0.1, -0.05) is 11.6 Å². The van der Waals surface area contributed by atoms with Gasteiger partial charge in [0.25, 0.3) is 5.91 Å². The maximum absolute atomic E-state index is 12.6. The fourth-order valence-electron chi connectivity index (χ4n) is 2.01. The lowest BCUT2D eigenvalue weighted by atomic mass is 10.2. The quantitative estimate of drug-likeness (QED) is 0.910. The molecule has 2 rings (SSSR count). The third-order valence-corrected chi connectivity index (χ3v) is 4.22. The molecule has 0 radical (unpaired) electrons. The van der Waals surface area contributed by atoms with Gasteiger partial charge in [-0.2, -0.15) is 0 Å². The molecule has 0 bridgehead atoms. The number of pyridine rings is 1.